The van der Waals surface area contributed by atoms with Crippen LogP contribution in [0.25, 0.3) is 0 Å². The Bertz CT molecular complexity index is 564. The van der Waals surface area contributed by atoms with Crippen molar-refractivity contribution in [2.24, 2.45) is 0 Å². The monoisotopic (exact) mass is 304 g/mol. The average molecular weight is 304 g/mol. The molecule has 0 aliphatic carbocycles. The molecule has 120 valence electrons. The fraction of sp³-hybridized carbons (Fsp3) is 0.588. The van der Waals surface area contributed by atoms with Gasteiger partial charge in [-0.05, 0) is 50.5 Å². The topological polar surface area (TPSA) is 61.8 Å². The van der Waals surface area contributed by atoms with E-state index in [1.807, 2.05) is 13.8 Å². The van der Waals surface area contributed by atoms with Gasteiger partial charge < -0.3 is 15.2 Å². The van der Waals surface area contributed by atoms with Crippen molar-refractivity contribution in [2.75, 3.05) is 19.7 Å². The zero-order valence-corrected chi connectivity index (χ0v) is 13.4. The van der Waals surface area contributed by atoms with Crippen LogP contribution in [0.3, 0.4) is 0 Å². The zero-order chi connectivity index (χ0) is 15.9. The molecular weight excluding hydrogens is 280 g/mol. The first-order valence-electron chi connectivity index (χ1n) is 7.90. The average Bonchev–Trinajstić information content (AvgIpc) is 2.85. The van der Waals surface area contributed by atoms with Crippen molar-refractivity contribution >= 4 is 5.91 Å². The molecule has 1 amide bonds. The van der Waals surface area contributed by atoms with E-state index in [1.165, 1.54) is 0 Å². The molecule has 0 radical (unpaired) electrons. The second-order valence-corrected chi connectivity index (χ2v) is 6.62. The van der Waals surface area contributed by atoms with E-state index in [2.05, 4.69) is 17.1 Å². The van der Waals surface area contributed by atoms with E-state index in [4.69, 9.17) is 4.74 Å². The van der Waals surface area contributed by atoms with Gasteiger partial charge in [0.1, 0.15) is 5.75 Å². The quantitative estimate of drug-likeness (QED) is 0.871. The molecular formula is C17H24N2O3. The van der Waals surface area contributed by atoms with Crippen LogP contribution in [0.2, 0.25) is 0 Å². The third kappa shape index (κ3) is 2.96. The van der Waals surface area contributed by atoms with Crippen molar-refractivity contribution in [2.45, 2.75) is 45.4 Å². The molecule has 0 bridgehead atoms. The number of carbonyl (C=O) groups is 1. The summed E-state index contributed by atoms with van der Waals surface area (Å²) >= 11 is 0. The molecule has 5 heteroatoms. The highest BCUT2D eigenvalue weighted by atomic mass is 16.5. The molecule has 3 atom stereocenters. The first-order chi connectivity index (χ1) is 10.4. The number of nitrogens with one attached hydrogen (secondary N) is 1. The molecule has 2 N–H and O–H groups in total. The largest absolute Gasteiger partial charge is 0.507 e. The summed E-state index contributed by atoms with van der Waals surface area (Å²) in [5.74, 6) is 0.200. The maximum Gasteiger partial charge on any atom is 0.251 e. The van der Waals surface area contributed by atoms with Crippen molar-refractivity contribution in [1.29, 1.82) is 0 Å². The Balaban J connectivity index is 1.65. The van der Waals surface area contributed by atoms with Crippen LogP contribution in [-0.4, -0.2) is 53.8 Å². The van der Waals surface area contributed by atoms with Crippen LogP contribution in [0, 0.1) is 13.8 Å². The first-order valence-corrected chi connectivity index (χ1v) is 7.90. The number of nitrogens with zero attached hydrogens (tertiary/aromatic N) is 1. The van der Waals surface area contributed by atoms with Crippen LogP contribution < -0.4 is 5.32 Å². The third-order valence-corrected chi connectivity index (χ3v) is 4.68. The standard InChI is InChI=1S/C17H24N2O3/c1-10-4-13(5-11(2)16(10)20)17(21)18-14-6-15-9-22-12(3)7-19(15)8-14/h4-5,12,14-15,20H,6-9H2,1-3H3,(H,18,21)/t12-,14-,15+/m1/s1. The number of rotatable bonds is 2. The van der Waals surface area contributed by atoms with Crippen molar-refractivity contribution in [3.05, 3.63) is 28.8 Å². The van der Waals surface area contributed by atoms with Gasteiger partial charge in [0.05, 0.1) is 12.7 Å². The Labute approximate surface area is 131 Å². The number of hydrogen-bond acceptors (Lipinski definition) is 4. The first kappa shape index (κ1) is 15.3. The number of phenols is 1. The van der Waals surface area contributed by atoms with Gasteiger partial charge in [0.2, 0.25) is 0 Å². The van der Waals surface area contributed by atoms with E-state index in [9.17, 15) is 9.90 Å². The molecule has 2 heterocycles. The van der Waals surface area contributed by atoms with Gasteiger partial charge in [-0.2, -0.15) is 0 Å². The van der Waals surface area contributed by atoms with Crippen LogP contribution in [-0.2, 0) is 4.74 Å². The van der Waals surface area contributed by atoms with Crippen molar-refractivity contribution in [3.8, 4) is 5.75 Å². The molecule has 2 fully saturated rings. The van der Waals surface area contributed by atoms with Gasteiger partial charge in [-0.15, -0.1) is 0 Å². The summed E-state index contributed by atoms with van der Waals surface area (Å²) in [6.07, 6.45) is 1.21. The van der Waals surface area contributed by atoms with E-state index in [-0.39, 0.29) is 23.8 Å². The highest BCUT2D eigenvalue weighted by Crippen LogP contribution is 2.25. The third-order valence-electron chi connectivity index (χ3n) is 4.68. The minimum atomic E-state index is -0.0648. The summed E-state index contributed by atoms with van der Waals surface area (Å²) in [4.78, 5) is 14.9. The highest BCUT2D eigenvalue weighted by molar-refractivity contribution is 5.95. The van der Waals surface area contributed by atoms with Crippen molar-refractivity contribution in [1.82, 2.24) is 10.2 Å². The molecule has 2 aliphatic rings. The lowest BCUT2D eigenvalue weighted by molar-refractivity contribution is -0.0390. The predicted octanol–water partition coefficient (Wildman–Crippen LogP) is 1.60. The number of fused-ring (bicyclic) bond motifs is 1. The maximum atomic E-state index is 12.4. The van der Waals surface area contributed by atoms with Gasteiger partial charge in [-0.25, -0.2) is 0 Å². The van der Waals surface area contributed by atoms with E-state index < -0.39 is 0 Å². The number of phenolic OH excluding ortho intramolecular Hbond substituents is 1. The molecule has 2 aliphatic heterocycles. The second kappa shape index (κ2) is 5.89. The second-order valence-electron chi connectivity index (χ2n) is 6.62. The van der Waals surface area contributed by atoms with Gasteiger partial charge in [0.15, 0.2) is 0 Å². The molecule has 5 nitrogen and oxygen atoms in total. The maximum absolute atomic E-state index is 12.4. The van der Waals surface area contributed by atoms with E-state index in [0.717, 1.165) is 37.2 Å². The SMILES string of the molecule is Cc1cc(C(=O)N[C@@H]2C[C@H]3CO[C@H](C)CN3C2)cc(C)c1O. The number of benzene rings is 1. The minimum absolute atomic E-state index is 0.0648. The van der Waals surface area contributed by atoms with Gasteiger partial charge >= 0.3 is 0 Å². The molecule has 0 aromatic heterocycles. The van der Waals surface area contributed by atoms with Gasteiger partial charge in [-0.3, -0.25) is 9.69 Å². The number of hydrogen-bond donors (Lipinski definition) is 2. The summed E-state index contributed by atoms with van der Waals surface area (Å²) in [5.41, 5.74) is 2.08. The lowest BCUT2D eigenvalue weighted by Gasteiger charge is -2.33. The Morgan fingerprint density at radius 2 is 2.00 bits per heavy atom. The molecule has 3 rings (SSSR count). The van der Waals surface area contributed by atoms with Gasteiger partial charge in [-0.1, -0.05) is 0 Å². The van der Waals surface area contributed by atoms with Crippen LogP contribution >= 0.6 is 0 Å². The van der Waals surface area contributed by atoms with E-state index in [0.29, 0.717) is 11.6 Å². The summed E-state index contributed by atoms with van der Waals surface area (Å²) in [5, 5.41) is 12.9. The zero-order valence-electron chi connectivity index (χ0n) is 13.4. The summed E-state index contributed by atoms with van der Waals surface area (Å²) in [6, 6.07) is 4.07. The lowest BCUT2D eigenvalue weighted by Crippen LogP contribution is -2.45. The summed E-state index contributed by atoms with van der Waals surface area (Å²) < 4.78 is 5.69. The lowest BCUT2D eigenvalue weighted by atomic mass is 10.0. The summed E-state index contributed by atoms with van der Waals surface area (Å²) in [7, 11) is 0. The number of amides is 1. The van der Waals surface area contributed by atoms with E-state index >= 15 is 0 Å². The van der Waals surface area contributed by atoms with Gasteiger partial charge in [0, 0.05) is 30.7 Å². The number of aryl methyl sites for hydroxylation is 2. The van der Waals surface area contributed by atoms with Gasteiger partial charge in [0.25, 0.3) is 5.91 Å². The molecule has 0 saturated carbocycles. The van der Waals surface area contributed by atoms with Crippen molar-refractivity contribution in [3.63, 3.8) is 0 Å². The molecule has 0 unspecified atom stereocenters. The normalized spacial score (nSPS) is 28.4. The minimum Gasteiger partial charge on any atom is -0.507 e. The predicted molar refractivity (Wildman–Crippen MR) is 84.2 cm³/mol. The number of ether oxygens (including phenoxy) is 1. The Kier molecular flexibility index (Phi) is 4.10. The fourth-order valence-electron chi connectivity index (χ4n) is 3.50. The number of morpholine rings is 1. The fourth-order valence-corrected chi connectivity index (χ4v) is 3.50. The number of carbonyl (C=O) groups excluding carboxylic acids is 1. The van der Waals surface area contributed by atoms with Crippen LogP contribution in [0.5, 0.6) is 5.75 Å². The number of aromatic hydroxyl groups is 1. The summed E-state index contributed by atoms with van der Waals surface area (Å²) in [6.45, 7) is 8.30. The Morgan fingerprint density at radius 3 is 2.68 bits per heavy atom. The molecule has 2 saturated heterocycles. The smallest absolute Gasteiger partial charge is 0.251 e. The molecule has 22 heavy (non-hydrogen) atoms. The molecule has 1 aromatic carbocycles. The molecule has 0 spiro atoms. The molecule has 1 aromatic rings. The van der Waals surface area contributed by atoms with E-state index in [1.54, 1.807) is 12.1 Å². The Hall–Kier alpha value is -1.59. The van der Waals surface area contributed by atoms with Crippen LogP contribution in [0.15, 0.2) is 12.1 Å². The van der Waals surface area contributed by atoms with Crippen molar-refractivity contribution < 1.29 is 14.6 Å². The van der Waals surface area contributed by atoms with Crippen LogP contribution in [0.1, 0.15) is 34.8 Å². The Morgan fingerprint density at radius 1 is 1.32 bits per heavy atom. The van der Waals surface area contributed by atoms with Crippen LogP contribution in [0.4, 0.5) is 0 Å². The highest BCUT2D eigenvalue weighted by Gasteiger charge is 2.36.